The largest absolute Gasteiger partial charge is 0.368 e. The van der Waals surface area contributed by atoms with Crippen LogP contribution in [0.2, 0.25) is 0 Å². The highest BCUT2D eigenvalue weighted by Gasteiger charge is 2.36. The Balaban J connectivity index is 1.99. The molecule has 2 fully saturated rings. The molecule has 1 saturated carbocycles. The fraction of sp³-hybridized carbons (Fsp3) is 0.867. The second kappa shape index (κ2) is 7.07. The molecular formula is C15H27N3O2. The molecule has 5 heteroatoms. The van der Waals surface area contributed by atoms with E-state index in [1.165, 1.54) is 6.42 Å². The van der Waals surface area contributed by atoms with E-state index >= 15 is 0 Å². The predicted molar refractivity (Wildman–Crippen MR) is 77.7 cm³/mol. The van der Waals surface area contributed by atoms with Gasteiger partial charge in [0.2, 0.25) is 11.8 Å². The van der Waals surface area contributed by atoms with Crippen LogP contribution in [0.25, 0.3) is 0 Å². The zero-order valence-corrected chi connectivity index (χ0v) is 12.2. The fourth-order valence-electron chi connectivity index (χ4n) is 3.74. The molecule has 1 aliphatic carbocycles. The number of piperidine rings is 1. The predicted octanol–water partition coefficient (Wildman–Crippen LogP) is 1.01. The Bertz CT molecular complexity index is 357. The summed E-state index contributed by atoms with van der Waals surface area (Å²) in [6, 6.07) is -0.383. The van der Waals surface area contributed by atoms with Crippen molar-refractivity contribution in [3.8, 4) is 0 Å². The maximum Gasteiger partial charge on any atom is 0.240 e. The van der Waals surface area contributed by atoms with Crippen molar-refractivity contribution >= 4 is 11.8 Å². The van der Waals surface area contributed by atoms with E-state index in [-0.39, 0.29) is 23.8 Å². The van der Waals surface area contributed by atoms with Crippen molar-refractivity contribution in [1.82, 2.24) is 4.90 Å². The SMILES string of the molecule is NCCC1CCCC(C(=O)N2CCCCC2C(N)=O)C1. The number of rotatable bonds is 4. The minimum Gasteiger partial charge on any atom is -0.368 e. The van der Waals surface area contributed by atoms with Gasteiger partial charge in [0.1, 0.15) is 6.04 Å². The average Bonchev–Trinajstić information content (AvgIpc) is 2.47. The highest BCUT2D eigenvalue weighted by molar-refractivity contribution is 5.87. The summed E-state index contributed by atoms with van der Waals surface area (Å²) in [6.07, 6.45) is 7.84. The summed E-state index contributed by atoms with van der Waals surface area (Å²) in [5, 5.41) is 0. The smallest absolute Gasteiger partial charge is 0.240 e. The third-order valence-corrected chi connectivity index (χ3v) is 4.82. The molecule has 2 amide bonds. The second-order valence-corrected chi connectivity index (χ2v) is 6.25. The second-order valence-electron chi connectivity index (χ2n) is 6.25. The average molecular weight is 281 g/mol. The molecule has 3 unspecified atom stereocenters. The minimum absolute atomic E-state index is 0.0697. The van der Waals surface area contributed by atoms with E-state index in [0.717, 1.165) is 44.9 Å². The van der Waals surface area contributed by atoms with E-state index in [1.807, 2.05) is 0 Å². The van der Waals surface area contributed by atoms with E-state index in [0.29, 0.717) is 19.0 Å². The number of nitrogens with two attached hydrogens (primary N) is 2. The number of amides is 2. The maximum absolute atomic E-state index is 12.7. The summed E-state index contributed by atoms with van der Waals surface area (Å²) in [6.45, 7) is 1.38. The van der Waals surface area contributed by atoms with Crippen LogP contribution in [0.15, 0.2) is 0 Å². The lowest BCUT2D eigenvalue weighted by Gasteiger charge is -2.38. The molecule has 1 heterocycles. The molecular weight excluding hydrogens is 254 g/mol. The van der Waals surface area contributed by atoms with Crippen LogP contribution in [0.3, 0.4) is 0 Å². The van der Waals surface area contributed by atoms with Crippen LogP contribution >= 0.6 is 0 Å². The first-order chi connectivity index (χ1) is 9.63. The van der Waals surface area contributed by atoms with Crippen molar-refractivity contribution in [2.75, 3.05) is 13.1 Å². The lowest BCUT2D eigenvalue weighted by Crippen LogP contribution is -2.52. The topological polar surface area (TPSA) is 89.4 Å². The number of primary amides is 1. The molecule has 3 atom stereocenters. The van der Waals surface area contributed by atoms with Gasteiger partial charge < -0.3 is 16.4 Å². The zero-order chi connectivity index (χ0) is 14.5. The van der Waals surface area contributed by atoms with Gasteiger partial charge in [-0.1, -0.05) is 12.8 Å². The van der Waals surface area contributed by atoms with Gasteiger partial charge in [0, 0.05) is 12.5 Å². The van der Waals surface area contributed by atoms with Gasteiger partial charge in [0.15, 0.2) is 0 Å². The summed E-state index contributed by atoms with van der Waals surface area (Å²) < 4.78 is 0. The highest BCUT2D eigenvalue weighted by atomic mass is 16.2. The molecule has 0 bridgehead atoms. The van der Waals surface area contributed by atoms with Crippen LogP contribution < -0.4 is 11.5 Å². The molecule has 4 N–H and O–H groups in total. The quantitative estimate of drug-likeness (QED) is 0.806. The molecule has 2 aliphatic rings. The molecule has 0 aromatic rings. The van der Waals surface area contributed by atoms with Gasteiger partial charge in [-0.2, -0.15) is 0 Å². The first-order valence-electron chi connectivity index (χ1n) is 7.93. The van der Waals surface area contributed by atoms with E-state index < -0.39 is 0 Å². The number of hydrogen-bond donors (Lipinski definition) is 2. The van der Waals surface area contributed by atoms with Crippen molar-refractivity contribution < 1.29 is 9.59 Å². The minimum atomic E-state index is -0.383. The number of likely N-dealkylation sites (tertiary alicyclic amines) is 1. The highest BCUT2D eigenvalue weighted by Crippen LogP contribution is 2.33. The van der Waals surface area contributed by atoms with Crippen molar-refractivity contribution in [2.24, 2.45) is 23.3 Å². The number of carbonyl (C=O) groups excluding carboxylic acids is 2. The van der Waals surface area contributed by atoms with Crippen molar-refractivity contribution in [1.29, 1.82) is 0 Å². The van der Waals surface area contributed by atoms with Crippen LogP contribution in [-0.2, 0) is 9.59 Å². The molecule has 1 saturated heterocycles. The number of hydrogen-bond acceptors (Lipinski definition) is 3. The summed E-state index contributed by atoms with van der Waals surface area (Å²) >= 11 is 0. The Labute approximate surface area is 121 Å². The van der Waals surface area contributed by atoms with E-state index in [1.54, 1.807) is 4.90 Å². The molecule has 0 radical (unpaired) electrons. The normalized spacial score (nSPS) is 31.1. The van der Waals surface area contributed by atoms with Crippen LogP contribution in [-0.4, -0.2) is 35.8 Å². The van der Waals surface area contributed by atoms with Crippen molar-refractivity contribution in [3.63, 3.8) is 0 Å². The lowest BCUT2D eigenvalue weighted by atomic mass is 9.79. The molecule has 1 aliphatic heterocycles. The number of carbonyl (C=O) groups is 2. The molecule has 5 nitrogen and oxygen atoms in total. The fourth-order valence-corrected chi connectivity index (χ4v) is 3.74. The number of nitrogens with zero attached hydrogens (tertiary/aromatic N) is 1. The van der Waals surface area contributed by atoms with Gasteiger partial charge in [-0.25, -0.2) is 0 Å². The summed E-state index contributed by atoms with van der Waals surface area (Å²) in [7, 11) is 0. The van der Waals surface area contributed by atoms with Gasteiger partial charge in [-0.05, 0) is 51.0 Å². The van der Waals surface area contributed by atoms with Crippen LogP contribution in [0, 0.1) is 11.8 Å². The molecule has 0 spiro atoms. The Morgan fingerprint density at radius 2 is 1.90 bits per heavy atom. The molecule has 114 valence electrons. The van der Waals surface area contributed by atoms with E-state index in [9.17, 15) is 9.59 Å². The van der Waals surface area contributed by atoms with Crippen LogP contribution in [0.1, 0.15) is 51.4 Å². The summed E-state index contributed by atoms with van der Waals surface area (Å²) in [5.41, 5.74) is 11.1. The first kappa shape index (κ1) is 15.3. The Hall–Kier alpha value is -1.10. The van der Waals surface area contributed by atoms with Crippen molar-refractivity contribution in [3.05, 3.63) is 0 Å². The Kier molecular flexibility index (Phi) is 5.40. The van der Waals surface area contributed by atoms with E-state index in [4.69, 9.17) is 11.5 Å². The lowest BCUT2D eigenvalue weighted by molar-refractivity contribution is -0.145. The third kappa shape index (κ3) is 3.51. The van der Waals surface area contributed by atoms with Gasteiger partial charge in [0.25, 0.3) is 0 Å². The molecule has 0 aromatic carbocycles. The summed E-state index contributed by atoms with van der Waals surface area (Å²) in [5.74, 6) is 0.433. The van der Waals surface area contributed by atoms with Crippen LogP contribution in [0.5, 0.6) is 0 Å². The van der Waals surface area contributed by atoms with Gasteiger partial charge in [-0.3, -0.25) is 9.59 Å². The monoisotopic (exact) mass is 281 g/mol. The van der Waals surface area contributed by atoms with Gasteiger partial charge >= 0.3 is 0 Å². The maximum atomic E-state index is 12.7. The molecule has 0 aromatic heterocycles. The van der Waals surface area contributed by atoms with Crippen molar-refractivity contribution in [2.45, 2.75) is 57.4 Å². The first-order valence-corrected chi connectivity index (χ1v) is 7.93. The molecule has 2 rings (SSSR count). The third-order valence-electron chi connectivity index (χ3n) is 4.82. The standard InChI is InChI=1S/C15H27N3O2/c16-8-7-11-4-3-5-12(10-11)15(20)18-9-2-1-6-13(18)14(17)19/h11-13H,1-10,16H2,(H2,17,19). The Morgan fingerprint density at radius 1 is 1.10 bits per heavy atom. The molecule has 20 heavy (non-hydrogen) atoms. The van der Waals surface area contributed by atoms with Crippen LogP contribution in [0.4, 0.5) is 0 Å². The Morgan fingerprint density at radius 3 is 2.60 bits per heavy atom. The summed E-state index contributed by atoms with van der Waals surface area (Å²) in [4.78, 5) is 26.0. The van der Waals surface area contributed by atoms with Gasteiger partial charge in [0.05, 0.1) is 0 Å². The zero-order valence-electron chi connectivity index (χ0n) is 12.2. The van der Waals surface area contributed by atoms with Gasteiger partial charge in [-0.15, -0.1) is 0 Å². The van der Waals surface area contributed by atoms with E-state index in [2.05, 4.69) is 0 Å².